The molecule has 0 aliphatic heterocycles. The van der Waals surface area contributed by atoms with Gasteiger partial charge in [0, 0.05) is 24.3 Å². The average Bonchev–Trinajstić information content (AvgIpc) is 3.28. The highest BCUT2D eigenvalue weighted by Crippen LogP contribution is 2.29. The lowest BCUT2D eigenvalue weighted by atomic mass is 9.93. The van der Waals surface area contributed by atoms with E-state index in [0.29, 0.717) is 13.1 Å². The molecular formula is C20H21NO2S. The van der Waals surface area contributed by atoms with Crippen LogP contribution in [0.3, 0.4) is 0 Å². The van der Waals surface area contributed by atoms with Crippen LogP contribution in [0.25, 0.3) is 0 Å². The van der Waals surface area contributed by atoms with Crippen molar-refractivity contribution < 1.29 is 9.21 Å². The van der Waals surface area contributed by atoms with E-state index in [-0.39, 0.29) is 11.8 Å². The number of thiophene rings is 1. The van der Waals surface area contributed by atoms with Crippen LogP contribution in [0.5, 0.6) is 0 Å². The van der Waals surface area contributed by atoms with Gasteiger partial charge < -0.3 is 9.32 Å². The Balaban J connectivity index is 1.73. The predicted octanol–water partition coefficient (Wildman–Crippen LogP) is 4.91. The van der Waals surface area contributed by atoms with Crippen molar-refractivity contribution in [3.8, 4) is 0 Å². The summed E-state index contributed by atoms with van der Waals surface area (Å²) in [4.78, 5) is 15.1. The molecule has 2 aromatic heterocycles. The molecule has 3 aromatic rings. The van der Waals surface area contributed by atoms with Gasteiger partial charge in [-0.3, -0.25) is 4.79 Å². The van der Waals surface area contributed by atoms with Crippen LogP contribution < -0.4 is 0 Å². The average molecular weight is 339 g/mol. The van der Waals surface area contributed by atoms with Crippen molar-refractivity contribution >= 4 is 17.2 Å². The smallest absolute Gasteiger partial charge is 0.219 e. The SMILES string of the molecule is CC(=O)N(CC[C@H](c1ccccc1)c1ccco1)Cc1cccs1. The van der Waals surface area contributed by atoms with Crippen molar-refractivity contribution in [1.29, 1.82) is 0 Å². The van der Waals surface area contributed by atoms with Crippen molar-refractivity contribution in [2.24, 2.45) is 0 Å². The number of amides is 1. The van der Waals surface area contributed by atoms with Crippen LogP contribution in [-0.4, -0.2) is 17.4 Å². The van der Waals surface area contributed by atoms with E-state index in [1.807, 2.05) is 46.7 Å². The van der Waals surface area contributed by atoms with E-state index in [4.69, 9.17) is 4.42 Å². The maximum Gasteiger partial charge on any atom is 0.219 e. The van der Waals surface area contributed by atoms with Crippen molar-refractivity contribution in [3.63, 3.8) is 0 Å². The Morgan fingerprint density at radius 3 is 2.58 bits per heavy atom. The van der Waals surface area contributed by atoms with Crippen LogP contribution in [0.2, 0.25) is 0 Å². The third kappa shape index (κ3) is 4.15. The Morgan fingerprint density at radius 2 is 1.96 bits per heavy atom. The minimum atomic E-state index is 0.106. The monoisotopic (exact) mass is 339 g/mol. The minimum Gasteiger partial charge on any atom is -0.469 e. The van der Waals surface area contributed by atoms with E-state index in [2.05, 4.69) is 18.2 Å². The second kappa shape index (κ2) is 7.97. The second-order valence-corrected chi connectivity index (χ2v) is 6.82. The molecule has 0 bridgehead atoms. The lowest BCUT2D eigenvalue weighted by Gasteiger charge is -2.23. The summed E-state index contributed by atoms with van der Waals surface area (Å²) in [5.74, 6) is 1.21. The Morgan fingerprint density at radius 1 is 1.12 bits per heavy atom. The molecule has 1 amide bonds. The first-order chi connectivity index (χ1) is 11.7. The molecular weight excluding hydrogens is 318 g/mol. The molecule has 0 saturated heterocycles. The van der Waals surface area contributed by atoms with Gasteiger partial charge in [-0.05, 0) is 35.6 Å². The fourth-order valence-electron chi connectivity index (χ4n) is 2.87. The van der Waals surface area contributed by atoms with Gasteiger partial charge in [0.1, 0.15) is 5.76 Å². The summed E-state index contributed by atoms with van der Waals surface area (Å²) < 4.78 is 5.65. The number of rotatable bonds is 7. The number of hydrogen-bond donors (Lipinski definition) is 0. The van der Waals surface area contributed by atoms with Gasteiger partial charge in [-0.25, -0.2) is 0 Å². The fourth-order valence-corrected chi connectivity index (χ4v) is 3.59. The molecule has 0 N–H and O–H groups in total. The van der Waals surface area contributed by atoms with Crippen molar-refractivity contribution in [3.05, 3.63) is 82.4 Å². The van der Waals surface area contributed by atoms with E-state index in [9.17, 15) is 4.79 Å². The summed E-state index contributed by atoms with van der Waals surface area (Å²) in [5.41, 5.74) is 1.21. The van der Waals surface area contributed by atoms with E-state index < -0.39 is 0 Å². The number of benzene rings is 1. The normalized spacial score (nSPS) is 12.0. The Bertz CT molecular complexity index is 735. The molecule has 24 heavy (non-hydrogen) atoms. The van der Waals surface area contributed by atoms with Gasteiger partial charge >= 0.3 is 0 Å². The molecule has 0 fully saturated rings. The molecule has 0 aliphatic carbocycles. The molecule has 1 aromatic carbocycles. The molecule has 0 saturated carbocycles. The minimum absolute atomic E-state index is 0.106. The molecule has 0 spiro atoms. The third-order valence-electron chi connectivity index (χ3n) is 4.15. The van der Waals surface area contributed by atoms with E-state index in [1.54, 1.807) is 24.5 Å². The van der Waals surface area contributed by atoms with Gasteiger partial charge in [0.05, 0.1) is 12.8 Å². The Hall–Kier alpha value is -2.33. The number of furan rings is 1. The maximum absolute atomic E-state index is 12.0. The zero-order valence-electron chi connectivity index (χ0n) is 13.7. The maximum atomic E-state index is 12.0. The summed E-state index contributed by atoms with van der Waals surface area (Å²) in [7, 11) is 0. The molecule has 0 aliphatic rings. The molecule has 2 heterocycles. The van der Waals surface area contributed by atoms with Gasteiger partial charge in [-0.2, -0.15) is 0 Å². The largest absolute Gasteiger partial charge is 0.469 e. The van der Waals surface area contributed by atoms with Crippen LogP contribution in [-0.2, 0) is 11.3 Å². The lowest BCUT2D eigenvalue weighted by molar-refractivity contribution is -0.129. The van der Waals surface area contributed by atoms with Crippen LogP contribution >= 0.6 is 11.3 Å². The van der Waals surface area contributed by atoms with Gasteiger partial charge in [0.2, 0.25) is 5.91 Å². The number of nitrogens with zero attached hydrogens (tertiary/aromatic N) is 1. The number of carbonyl (C=O) groups excluding carboxylic acids is 1. The first kappa shape index (κ1) is 16.5. The molecule has 124 valence electrons. The van der Waals surface area contributed by atoms with Gasteiger partial charge in [-0.1, -0.05) is 36.4 Å². The third-order valence-corrected chi connectivity index (χ3v) is 5.01. The van der Waals surface area contributed by atoms with E-state index in [1.165, 1.54) is 10.4 Å². The lowest BCUT2D eigenvalue weighted by Crippen LogP contribution is -2.30. The van der Waals surface area contributed by atoms with E-state index >= 15 is 0 Å². The van der Waals surface area contributed by atoms with Crippen LogP contribution in [0.1, 0.15) is 35.5 Å². The molecule has 0 radical (unpaired) electrons. The first-order valence-electron chi connectivity index (χ1n) is 8.10. The second-order valence-electron chi connectivity index (χ2n) is 5.79. The highest BCUT2D eigenvalue weighted by atomic mass is 32.1. The molecule has 3 rings (SSSR count). The topological polar surface area (TPSA) is 33.5 Å². The Kier molecular flexibility index (Phi) is 5.49. The Labute approximate surface area is 146 Å². The molecule has 4 heteroatoms. The first-order valence-corrected chi connectivity index (χ1v) is 8.98. The van der Waals surface area contributed by atoms with Crippen LogP contribution in [0.15, 0.2) is 70.7 Å². The zero-order chi connectivity index (χ0) is 16.8. The quantitative estimate of drug-likeness (QED) is 0.613. The molecule has 3 nitrogen and oxygen atoms in total. The zero-order valence-corrected chi connectivity index (χ0v) is 14.5. The van der Waals surface area contributed by atoms with E-state index in [0.717, 1.165) is 12.2 Å². The fraction of sp³-hybridized carbons (Fsp3) is 0.250. The van der Waals surface area contributed by atoms with Gasteiger partial charge in [0.15, 0.2) is 0 Å². The summed E-state index contributed by atoms with van der Waals surface area (Å²) in [6.45, 7) is 3.01. The summed E-state index contributed by atoms with van der Waals surface area (Å²) >= 11 is 1.68. The molecule has 1 atom stereocenters. The number of hydrogen-bond acceptors (Lipinski definition) is 3. The predicted molar refractivity (Wildman–Crippen MR) is 97.0 cm³/mol. The summed E-state index contributed by atoms with van der Waals surface area (Å²) in [6, 6.07) is 18.3. The van der Waals surface area contributed by atoms with Crippen LogP contribution in [0.4, 0.5) is 0 Å². The van der Waals surface area contributed by atoms with Gasteiger partial charge in [-0.15, -0.1) is 11.3 Å². The van der Waals surface area contributed by atoms with Crippen LogP contribution in [0, 0.1) is 0 Å². The summed E-state index contributed by atoms with van der Waals surface area (Å²) in [5, 5.41) is 2.04. The van der Waals surface area contributed by atoms with Crippen molar-refractivity contribution in [2.45, 2.75) is 25.8 Å². The van der Waals surface area contributed by atoms with Crippen molar-refractivity contribution in [2.75, 3.05) is 6.54 Å². The number of carbonyl (C=O) groups is 1. The molecule has 0 unspecified atom stereocenters. The summed E-state index contributed by atoms with van der Waals surface area (Å²) in [6.07, 6.45) is 2.54. The highest BCUT2D eigenvalue weighted by Gasteiger charge is 2.19. The van der Waals surface area contributed by atoms with Gasteiger partial charge in [0.25, 0.3) is 0 Å². The highest BCUT2D eigenvalue weighted by molar-refractivity contribution is 7.09. The standard InChI is InChI=1S/C20H21NO2S/c1-16(22)21(15-18-9-6-14-24-18)12-11-19(20-10-5-13-23-20)17-7-3-2-4-8-17/h2-10,13-14,19H,11-12,15H2,1H3/t19-/m1/s1. The van der Waals surface area contributed by atoms with Crippen molar-refractivity contribution in [1.82, 2.24) is 4.90 Å².